The van der Waals surface area contributed by atoms with E-state index in [4.69, 9.17) is 5.14 Å². The van der Waals surface area contributed by atoms with Crippen LogP contribution >= 0.6 is 11.3 Å². The van der Waals surface area contributed by atoms with E-state index in [1.807, 2.05) is 0 Å². The largest absolute Gasteiger partial charge is 0.468 e. The number of sulfonamides is 1. The van der Waals surface area contributed by atoms with Gasteiger partial charge in [-0.1, -0.05) is 11.3 Å². The monoisotopic (exact) mass is 409 g/mol. The molecule has 0 aliphatic rings. The van der Waals surface area contributed by atoms with Crippen molar-refractivity contribution < 1.29 is 22.7 Å². The highest BCUT2D eigenvalue weighted by atomic mass is 32.2. The number of amides is 1. The predicted molar refractivity (Wildman–Crippen MR) is 96.3 cm³/mol. The fourth-order valence-electron chi connectivity index (χ4n) is 2.34. The topological polar surface area (TPSA) is 139 Å². The summed E-state index contributed by atoms with van der Waals surface area (Å²) in [7, 11) is -0.982. The lowest BCUT2D eigenvalue weighted by atomic mass is 10.3. The number of thiazole rings is 1. The maximum absolute atomic E-state index is 12.4. The minimum absolute atomic E-state index is 0.0796. The van der Waals surface area contributed by atoms with E-state index in [9.17, 15) is 18.0 Å². The molecule has 0 aliphatic heterocycles. The number of esters is 1. The molecule has 0 spiro atoms. The second-order valence-corrected chi connectivity index (χ2v) is 8.08. The lowest BCUT2D eigenvalue weighted by Crippen LogP contribution is -2.22. The number of rotatable bonds is 4. The molecule has 3 aromatic rings. The van der Waals surface area contributed by atoms with E-state index in [2.05, 4.69) is 14.8 Å². The molecule has 0 unspecified atom stereocenters. The van der Waals surface area contributed by atoms with Crippen LogP contribution in [-0.2, 0) is 33.1 Å². The minimum atomic E-state index is -3.89. The third-order valence-corrected chi connectivity index (χ3v) is 5.58. The van der Waals surface area contributed by atoms with E-state index < -0.39 is 21.9 Å². The molecule has 27 heavy (non-hydrogen) atoms. The number of fused-ring (bicyclic) bond motifs is 1. The van der Waals surface area contributed by atoms with Crippen LogP contribution in [0.2, 0.25) is 0 Å². The minimum Gasteiger partial charge on any atom is -0.468 e. The van der Waals surface area contributed by atoms with Gasteiger partial charge in [0.15, 0.2) is 10.5 Å². The summed E-state index contributed by atoms with van der Waals surface area (Å²) in [5.74, 6) is -1.13. The van der Waals surface area contributed by atoms with Crippen molar-refractivity contribution in [3.05, 3.63) is 41.0 Å². The Morgan fingerprint density at radius 1 is 1.33 bits per heavy atom. The quantitative estimate of drug-likeness (QED) is 0.602. The zero-order valence-electron chi connectivity index (χ0n) is 14.3. The summed E-state index contributed by atoms with van der Waals surface area (Å²) in [6.07, 6.45) is 1.61. The lowest BCUT2D eigenvalue weighted by Gasteiger charge is -2.04. The van der Waals surface area contributed by atoms with Crippen molar-refractivity contribution in [3.63, 3.8) is 0 Å². The SMILES string of the molecule is COC(=O)Cn1c(=NC(=O)c2ccn(C)n2)sc2cc(S(N)(=O)=O)ccc21. The van der Waals surface area contributed by atoms with E-state index in [0.29, 0.717) is 10.2 Å². The first-order valence-corrected chi connectivity index (χ1v) is 9.87. The molecular weight excluding hydrogens is 394 g/mol. The zero-order chi connectivity index (χ0) is 19.8. The first kappa shape index (κ1) is 18.9. The number of ether oxygens (including phenoxy) is 1. The number of carbonyl (C=O) groups is 2. The summed E-state index contributed by atoms with van der Waals surface area (Å²) in [4.78, 5) is 28.3. The fourth-order valence-corrected chi connectivity index (χ4v) is 4.02. The number of aryl methyl sites for hydroxylation is 1. The summed E-state index contributed by atoms with van der Waals surface area (Å²) in [5.41, 5.74) is 0.662. The van der Waals surface area contributed by atoms with Crippen molar-refractivity contribution in [2.24, 2.45) is 17.2 Å². The first-order chi connectivity index (χ1) is 12.7. The number of carbonyl (C=O) groups excluding carboxylic acids is 2. The van der Waals surface area contributed by atoms with Crippen LogP contribution in [-0.4, -0.2) is 41.8 Å². The maximum Gasteiger partial charge on any atom is 0.325 e. The first-order valence-electron chi connectivity index (χ1n) is 7.51. The predicted octanol–water partition coefficient (Wildman–Crippen LogP) is -0.00220. The molecule has 0 saturated heterocycles. The molecule has 1 aromatic carbocycles. The van der Waals surface area contributed by atoms with Gasteiger partial charge in [-0.05, 0) is 24.3 Å². The van der Waals surface area contributed by atoms with E-state index in [1.54, 1.807) is 13.2 Å². The standard InChI is InChI=1S/C15H15N5O5S2/c1-19-6-5-10(18-19)14(22)17-15-20(8-13(21)25-2)11-4-3-9(27(16,23)24)7-12(11)26-15/h3-7H,8H2,1-2H3,(H2,16,23,24). The van der Waals surface area contributed by atoms with Gasteiger partial charge in [-0.3, -0.25) is 14.3 Å². The Kier molecular flexibility index (Phi) is 4.95. The van der Waals surface area contributed by atoms with Crippen LogP contribution in [0.3, 0.4) is 0 Å². The van der Waals surface area contributed by atoms with Gasteiger partial charge in [0, 0.05) is 13.2 Å². The summed E-state index contributed by atoms with van der Waals surface area (Å²) >= 11 is 1.05. The van der Waals surface area contributed by atoms with Crippen LogP contribution in [0.15, 0.2) is 40.4 Å². The van der Waals surface area contributed by atoms with Gasteiger partial charge in [0.05, 0.1) is 22.2 Å². The van der Waals surface area contributed by atoms with Crippen LogP contribution in [0, 0.1) is 0 Å². The van der Waals surface area contributed by atoms with Crippen LogP contribution in [0.25, 0.3) is 10.2 Å². The van der Waals surface area contributed by atoms with Crippen molar-refractivity contribution in [1.82, 2.24) is 14.3 Å². The number of methoxy groups -OCH3 is 1. The van der Waals surface area contributed by atoms with Gasteiger partial charge in [0.25, 0.3) is 5.91 Å². The van der Waals surface area contributed by atoms with Crippen LogP contribution in [0.4, 0.5) is 0 Å². The van der Waals surface area contributed by atoms with Gasteiger partial charge in [0.2, 0.25) is 10.0 Å². The molecule has 10 nitrogen and oxygen atoms in total. The molecule has 3 rings (SSSR count). The molecule has 0 bridgehead atoms. The van der Waals surface area contributed by atoms with Crippen molar-refractivity contribution >= 4 is 43.5 Å². The number of nitrogens with zero attached hydrogens (tertiary/aromatic N) is 4. The van der Waals surface area contributed by atoms with Crippen molar-refractivity contribution in [2.45, 2.75) is 11.4 Å². The third kappa shape index (κ3) is 3.97. The van der Waals surface area contributed by atoms with Gasteiger partial charge in [-0.2, -0.15) is 10.1 Å². The zero-order valence-corrected chi connectivity index (χ0v) is 16.0. The van der Waals surface area contributed by atoms with Crippen LogP contribution in [0.5, 0.6) is 0 Å². The molecule has 142 valence electrons. The molecule has 2 N–H and O–H groups in total. The Bertz CT molecular complexity index is 1220. The molecule has 1 amide bonds. The second kappa shape index (κ2) is 7.06. The second-order valence-electron chi connectivity index (χ2n) is 5.51. The number of benzene rings is 1. The average molecular weight is 409 g/mol. The Labute approximate surface area is 157 Å². The average Bonchev–Trinajstić information content (AvgIpc) is 3.17. The molecule has 0 fully saturated rings. The van der Waals surface area contributed by atoms with Crippen molar-refractivity contribution in [3.8, 4) is 0 Å². The number of hydrogen-bond acceptors (Lipinski definition) is 7. The lowest BCUT2D eigenvalue weighted by molar-refractivity contribution is -0.141. The number of aromatic nitrogens is 3. The molecule has 2 aromatic heterocycles. The number of hydrogen-bond donors (Lipinski definition) is 1. The summed E-state index contributed by atoms with van der Waals surface area (Å²) in [6.45, 7) is -0.195. The fraction of sp³-hybridized carbons (Fsp3) is 0.200. The number of nitrogens with two attached hydrogens (primary N) is 1. The maximum atomic E-state index is 12.4. The summed E-state index contributed by atoms with van der Waals surface area (Å²) < 4.78 is 31.3. The Balaban J connectivity index is 2.19. The van der Waals surface area contributed by atoms with Gasteiger partial charge < -0.3 is 9.30 Å². The van der Waals surface area contributed by atoms with E-state index in [-0.39, 0.29) is 21.9 Å². The summed E-state index contributed by atoms with van der Waals surface area (Å²) in [5, 5.41) is 9.16. The van der Waals surface area contributed by atoms with Crippen molar-refractivity contribution in [2.75, 3.05) is 7.11 Å². The van der Waals surface area contributed by atoms with Crippen molar-refractivity contribution in [1.29, 1.82) is 0 Å². The third-order valence-electron chi connectivity index (χ3n) is 3.63. The van der Waals surface area contributed by atoms with Gasteiger partial charge in [0.1, 0.15) is 6.54 Å². The smallest absolute Gasteiger partial charge is 0.325 e. The molecule has 0 atom stereocenters. The highest BCUT2D eigenvalue weighted by Crippen LogP contribution is 2.21. The Hall–Kier alpha value is -2.83. The highest BCUT2D eigenvalue weighted by Gasteiger charge is 2.16. The van der Waals surface area contributed by atoms with Gasteiger partial charge in [-0.15, -0.1) is 0 Å². The Morgan fingerprint density at radius 2 is 2.07 bits per heavy atom. The molecule has 0 radical (unpaired) electrons. The van der Waals surface area contributed by atoms with E-state index in [0.717, 1.165) is 11.3 Å². The molecule has 0 aliphatic carbocycles. The van der Waals surface area contributed by atoms with Gasteiger partial charge in [-0.25, -0.2) is 13.6 Å². The Morgan fingerprint density at radius 3 is 2.67 bits per heavy atom. The van der Waals surface area contributed by atoms with Gasteiger partial charge >= 0.3 is 5.97 Å². The normalized spacial score (nSPS) is 12.5. The molecular formula is C15H15N5O5S2. The number of primary sulfonamides is 1. The molecule has 2 heterocycles. The van der Waals surface area contributed by atoms with Crippen LogP contribution in [0.1, 0.15) is 10.5 Å². The van der Waals surface area contributed by atoms with E-state index in [1.165, 1.54) is 40.6 Å². The highest BCUT2D eigenvalue weighted by molar-refractivity contribution is 7.89. The summed E-state index contributed by atoms with van der Waals surface area (Å²) in [6, 6.07) is 5.71. The molecule has 0 saturated carbocycles. The molecule has 12 heteroatoms. The van der Waals surface area contributed by atoms with E-state index >= 15 is 0 Å². The van der Waals surface area contributed by atoms with Crippen LogP contribution < -0.4 is 9.94 Å².